The van der Waals surface area contributed by atoms with Gasteiger partial charge in [0.2, 0.25) is 0 Å². The van der Waals surface area contributed by atoms with Crippen LogP contribution in [0.1, 0.15) is 47.1 Å². The first kappa shape index (κ1) is 14.6. The Morgan fingerprint density at radius 3 is 2.82 bits per heavy atom. The number of H-pyrrole nitrogens is 1. The van der Waals surface area contributed by atoms with Gasteiger partial charge < -0.3 is 10.0 Å². The van der Waals surface area contributed by atoms with Crippen molar-refractivity contribution in [2.45, 2.75) is 45.7 Å². The monoisotopic (exact) mass is 299 g/mol. The molecule has 1 saturated carbocycles. The van der Waals surface area contributed by atoms with Crippen LogP contribution in [-0.4, -0.2) is 32.2 Å². The Balaban J connectivity index is 1.84. The number of rotatable bonds is 5. The molecule has 0 aliphatic heterocycles. The van der Waals surface area contributed by atoms with Crippen molar-refractivity contribution in [1.29, 1.82) is 0 Å². The molecular weight excluding hydrogens is 278 g/mol. The third kappa shape index (κ3) is 2.84. The first-order valence-electron chi connectivity index (χ1n) is 7.73. The minimum atomic E-state index is -0.0284. The third-order valence-electron chi connectivity index (χ3n) is 4.18. The normalized spacial score (nSPS) is 14.1. The number of benzene rings is 1. The summed E-state index contributed by atoms with van der Waals surface area (Å²) in [6.45, 7) is 4.49. The zero-order valence-corrected chi connectivity index (χ0v) is 13.0. The van der Waals surface area contributed by atoms with Gasteiger partial charge in [0.25, 0.3) is 5.91 Å². The van der Waals surface area contributed by atoms with Gasteiger partial charge in [0.15, 0.2) is 5.69 Å². The lowest BCUT2D eigenvalue weighted by atomic mass is 10.1. The molecule has 3 rings (SSSR count). The second kappa shape index (κ2) is 5.83. The Morgan fingerprint density at radius 2 is 2.23 bits per heavy atom. The number of phenolic OH excluding ortho intramolecular Hbond substituents is 1. The van der Waals surface area contributed by atoms with Gasteiger partial charge in [0.05, 0.1) is 0 Å². The molecule has 1 aliphatic rings. The van der Waals surface area contributed by atoms with Gasteiger partial charge in [-0.2, -0.15) is 5.10 Å². The molecule has 5 nitrogen and oxygen atoms in total. The predicted octanol–water partition coefficient (Wildman–Crippen LogP) is 2.79. The van der Waals surface area contributed by atoms with Crippen molar-refractivity contribution in [2.24, 2.45) is 0 Å². The number of phenols is 1. The van der Waals surface area contributed by atoms with Crippen molar-refractivity contribution in [3.8, 4) is 5.75 Å². The number of amides is 1. The van der Waals surface area contributed by atoms with Gasteiger partial charge in [-0.15, -0.1) is 0 Å². The molecule has 1 heterocycles. The van der Waals surface area contributed by atoms with E-state index in [0.717, 1.165) is 36.1 Å². The number of aromatic nitrogens is 2. The largest absolute Gasteiger partial charge is 0.508 e. The highest BCUT2D eigenvalue weighted by Gasteiger charge is 2.34. The van der Waals surface area contributed by atoms with Gasteiger partial charge in [0, 0.05) is 23.8 Å². The number of aromatic amines is 1. The molecule has 0 spiro atoms. The molecule has 0 atom stereocenters. The van der Waals surface area contributed by atoms with Crippen LogP contribution in [0.4, 0.5) is 0 Å². The summed E-state index contributed by atoms with van der Waals surface area (Å²) in [5.74, 6) is 0.198. The van der Waals surface area contributed by atoms with E-state index in [4.69, 9.17) is 0 Å². The van der Waals surface area contributed by atoms with E-state index in [1.54, 1.807) is 18.2 Å². The summed E-state index contributed by atoms with van der Waals surface area (Å²) < 4.78 is 0. The van der Waals surface area contributed by atoms with E-state index in [0.29, 0.717) is 12.2 Å². The highest BCUT2D eigenvalue weighted by atomic mass is 16.3. The van der Waals surface area contributed by atoms with Crippen molar-refractivity contribution in [1.82, 2.24) is 15.1 Å². The first-order chi connectivity index (χ1) is 10.6. The molecule has 0 unspecified atom stereocenters. The average Bonchev–Trinajstić information content (AvgIpc) is 3.27. The fourth-order valence-corrected chi connectivity index (χ4v) is 2.73. The fraction of sp³-hybridized carbons (Fsp3) is 0.412. The number of aryl methyl sites for hydroxylation is 1. The Hall–Kier alpha value is -2.30. The van der Waals surface area contributed by atoms with Gasteiger partial charge in [-0.05, 0) is 43.9 Å². The van der Waals surface area contributed by atoms with Gasteiger partial charge in [-0.25, -0.2) is 0 Å². The Kier molecular flexibility index (Phi) is 3.88. The average molecular weight is 299 g/mol. The number of carbonyl (C=O) groups excluding carboxylic acids is 1. The molecule has 1 fully saturated rings. The smallest absolute Gasteiger partial charge is 0.275 e. The molecule has 1 aromatic carbocycles. The summed E-state index contributed by atoms with van der Waals surface area (Å²) in [7, 11) is 0. The molecule has 5 heteroatoms. The zero-order valence-electron chi connectivity index (χ0n) is 13.0. The lowest BCUT2D eigenvalue weighted by molar-refractivity contribution is 0.0723. The molecule has 22 heavy (non-hydrogen) atoms. The van der Waals surface area contributed by atoms with Crippen LogP contribution in [0.5, 0.6) is 5.75 Å². The number of carbonyl (C=O) groups is 1. The van der Waals surface area contributed by atoms with Crippen LogP contribution in [0.15, 0.2) is 24.3 Å². The summed E-state index contributed by atoms with van der Waals surface area (Å²) in [5, 5.41) is 16.8. The Morgan fingerprint density at radius 1 is 1.45 bits per heavy atom. The Labute approximate surface area is 130 Å². The van der Waals surface area contributed by atoms with Crippen molar-refractivity contribution < 1.29 is 9.90 Å². The summed E-state index contributed by atoms with van der Waals surface area (Å²) in [5.41, 5.74) is 3.40. The summed E-state index contributed by atoms with van der Waals surface area (Å²) in [6, 6.07) is 7.36. The minimum absolute atomic E-state index is 0.0284. The van der Waals surface area contributed by atoms with Crippen molar-refractivity contribution in [3.63, 3.8) is 0 Å². The number of nitrogens with zero attached hydrogens (tertiary/aromatic N) is 2. The molecule has 0 radical (unpaired) electrons. The van der Waals surface area contributed by atoms with E-state index in [9.17, 15) is 9.90 Å². The van der Waals surface area contributed by atoms with Crippen LogP contribution >= 0.6 is 0 Å². The van der Waals surface area contributed by atoms with E-state index in [-0.39, 0.29) is 17.7 Å². The molecule has 0 saturated heterocycles. The molecule has 1 amide bonds. The molecule has 2 aromatic rings. The number of aromatic hydroxyl groups is 1. The first-order valence-corrected chi connectivity index (χ1v) is 7.73. The van der Waals surface area contributed by atoms with E-state index in [2.05, 4.69) is 10.2 Å². The maximum absolute atomic E-state index is 12.8. The lowest BCUT2D eigenvalue weighted by Crippen LogP contribution is -2.33. The van der Waals surface area contributed by atoms with Crippen molar-refractivity contribution in [3.05, 3.63) is 46.8 Å². The quantitative estimate of drug-likeness (QED) is 0.892. The van der Waals surface area contributed by atoms with E-state index < -0.39 is 0 Å². The van der Waals surface area contributed by atoms with Crippen LogP contribution in [0.2, 0.25) is 0 Å². The maximum atomic E-state index is 12.8. The van der Waals surface area contributed by atoms with Crippen LogP contribution in [0.3, 0.4) is 0 Å². The summed E-state index contributed by atoms with van der Waals surface area (Å²) in [6.07, 6.45) is 2.91. The Bertz CT molecular complexity index is 689. The molecular formula is C17H21N3O2. The second-order valence-electron chi connectivity index (χ2n) is 5.86. The summed E-state index contributed by atoms with van der Waals surface area (Å²) >= 11 is 0. The van der Waals surface area contributed by atoms with Gasteiger partial charge in [0.1, 0.15) is 5.75 Å². The van der Waals surface area contributed by atoms with E-state index >= 15 is 0 Å². The standard InChI is InChI=1S/C17H21N3O2/c1-3-15-11(2)16(19-18-15)17(22)20(13-7-8-13)10-12-5-4-6-14(21)9-12/h4-6,9,13,21H,3,7-8,10H2,1-2H3,(H,18,19). The molecule has 1 aliphatic carbocycles. The van der Waals surface area contributed by atoms with Crippen LogP contribution < -0.4 is 0 Å². The number of nitrogens with one attached hydrogen (secondary N) is 1. The molecule has 2 N–H and O–H groups in total. The summed E-state index contributed by atoms with van der Waals surface area (Å²) in [4.78, 5) is 14.7. The van der Waals surface area contributed by atoms with Gasteiger partial charge in [-0.3, -0.25) is 9.89 Å². The highest BCUT2D eigenvalue weighted by Crippen LogP contribution is 2.30. The third-order valence-corrected chi connectivity index (χ3v) is 4.18. The zero-order chi connectivity index (χ0) is 15.7. The van der Waals surface area contributed by atoms with Crippen molar-refractivity contribution >= 4 is 5.91 Å². The van der Waals surface area contributed by atoms with Gasteiger partial charge in [-0.1, -0.05) is 19.1 Å². The maximum Gasteiger partial charge on any atom is 0.275 e. The van der Waals surface area contributed by atoms with Crippen LogP contribution in [0, 0.1) is 6.92 Å². The van der Waals surface area contributed by atoms with E-state index in [1.807, 2.05) is 24.8 Å². The van der Waals surface area contributed by atoms with Crippen LogP contribution in [-0.2, 0) is 13.0 Å². The fourth-order valence-electron chi connectivity index (χ4n) is 2.73. The molecule has 1 aromatic heterocycles. The number of hydrogen-bond acceptors (Lipinski definition) is 3. The van der Waals surface area contributed by atoms with Gasteiger partial charge >= 0.3 is 0 Å². The predicted molar refractivity (Wildman–Crippen MR) is 83.7 cm³/mol. The van der Waals surface area contributed by atoms with Crippen LogP contribution in [0.25, 0.3) is 0 Å². The minimum Gasteiger partial charge on any atom is -0.508 e. The highest BCUT2D eigenvalue weighted by molar-refractivity contribution is 5.94. The van der Waals surface area contributed by atoms with Crippen molar-refractivity contribution in [2.75, 3.05) is 0 Å². The topological polar surface area (TPSA) is 69.2 Å². The van der Waals surface area contributed by atoms with E-state index in [1.165, 1.54) is 0 Å². The second-order valence-corrected chi connectivity index (χ2v) is 5.86. The lowest BCUT2D eigenvalue weighted by Gasteiger charge is -2.22. The SMILES string of the molecule is CCc1[nH]nc(C(=O)N(Cc2cccc(O)c2)C2CC2)c1C. The molecule has 0 bridgehead atoms. The number of hydrogen-bond donors (Lipinski definition) is 2. The molecule has 116 valence electrons.